The zero-order chi connectivity index (χ0) is 15.8. The molecule has 0 spiro atoms. The number of hydrogen-bond acceptors (Lipinski definition) is 9. The zero-order valence-electron chi connectivity index (χ0n) is 9.71. The predicted octanol–water partition coefficient (Wildman–Crippen LogP) is -2.75. The third-order valence-electron chi connectivity index (χ3n) is 2.33. The van der Waals surface area contributed by atoms with Crippen molar-refractivity contribution < 1.29 is 48.7 Å². The Labute approximate surface area is 123 Å². The predicted molar refractivity (Wildman–Crippen MR) is 71.2 cm³/mol. The molecule has 1 saturated heterocycles. The first kappa shape index (κ1) is 18.9. The van der Waals surface area contributed by atoms with Crippen molar-refractivity contribution in [2.24, 2.45) is 0 Å². The first-order valence-electron chi connectivity index (χ1n) is 5.01. The van der Waals surface area contributed by atoms with E-state index in [9.17, 15) is 25.3 Å². The molecule has 14 heteroatoms. The maximum atomic E-state index is 9.88. The highest BCUT2D eigenvalue weighted by Gasteiger charge is 2.49. The molecule has 20 heavy (non-hydrogen) atoms. The lowest BCUT2D eigenvalue weighted by molar-refractivity contribution is -0.329. The molecule has 1 fully saturated rings. The molecule has 0 aromatic rings. The van der Waals surface area contributed by atoms with Gasteiger partial charge < -0.3 is 44.4 Å². The monoisotopic (exact) mass is 372 g/mol. The molecule has 0 saturated carbocycles. The molecule has 10 nitrogen and oxygen atoms in total. The number of ether oxygens (including phenoxy) is 1. The standard InChI is InChI=1S/C6H14O10P2S2/c7-3-1-14-6(10,5(9)4(3)8)2-15-18(13,20)16-17(11,12)19/h3-5,7-10H,1-2H2,(H,13,20)(H2,11,12,19)/t3-,4-,5+,6?,18?/m1/s1. The van der Waals surface area contributed by atoms with Crippen LogP contribution in [0.25, 0.3) is 0 Å². The molecule has 7 N–H and O–H groups in total. The van der Waals surface area contributed by atoms with Crippen LogP contribution in [0, 0.1) is 0 Å². The maximum Gasteiger partial charge on any atom is 0.332 e. The summed E-state index contributed by atoms with van der Waals surface area (Å²) in [5.41, 5.74) is 0. The van der Waals surface area contributed by atoms with Crippen LogP contribution in [-0.4, -0.2) is 72.4 Å². The van der Waals surface area contributed by atoms with E-state index in [1.807, 2.05) is 0 Å². The van der Waals surface area contributed by atoms with Crippen molar-refractivity contribution in [3.63, 3.8) is 0 Å². The van der Waals surface area contributed by atoms with Gasteiger partial charge in [0.25, 0.3) is 0 Å². The van der Waals surface area contributed by atoms with Crippen LogP contribution in [-0.2, 0) is 37.2 Å². The smallest absolute Gasteiger partial charge is 0.332 e. The van der Waals surface area contributed by atoms with Crippen molar-refractivity contribution in [3.8, 4) is 0 Å². The molecule has 1 aliphatic heterocycles. The summed E-state index contributed by atoms with van der Waals surface area (Å²) in [6.45, 7) is -9.95. The number of aliphatic hydroxyl groups is 4. The zero-order valence-corrected chi connectivity index (χ0v) is 13.1. The highest BCUT2D eigenvalue weighted by atomic mass is 32.5. The summed E-state index contributed by atoms with van der Waals surface area (Å²) < 4.78 is 13.5. The Bertz CT molecular complexity index is 441. The van der Waals surface area contributed by atoms with Crippen LogP contribution in [0.3, 0.4) is 0 Å². The van der Waals surface area contributed by atoms with Gasteiger partial charge in [0, 0.05) is 0 Å². The third-order valence-corrected chi connectivity index (χ3v) is 5.98. The summed E-state index contributed by atoms with van der Waals surface area (Å²) in [6, 6.07) is 0. The van der Waals surface area contributed by atoms with Crippen LogP contribution < -0.4 is 0 Å². The average molecular weight is 372 g/mol. The summed E-state index contributed by atoms with van der Waals surface area (Å²) in [5, 5.41) is 38.1. The van der Waals surface area contributed by atoms with Crippen LogP contribution in [0.4, 0.5) is 0 Å². The fraction of sp³-hybridized carbons (Fsp3) is 1.00. The lowest BCUT2D eigenvalue weighted by Crippen LogP contribution is -2.62. The molecular weight excluding hydrogens is 358 g/mol. The SMILES string of the molecule is O[C@@H]1[C@H](O)COC(O)(COP(O)(=S)OP(O)(O)=S)[C@H]1O. The fourth-order valence-corrected chi connectivity index (χ4v) is 5.15. The van der Waals surface area contributed by atoms with Crippen LogP contribution in [0.15, 0.2) is 0 Å². The van der Waals surface area contributed by atoms with Crippen molar-refractivity contribution in [2.75, 3.05) is 13.2 Å². The van der Waals surface area contributed by atoms with Crippen molar-refractivity contribution in [1.29, 1.82) is 0 Å². The Kier molecular flexibility index (Phi) is 6.22. The number of hydrogen-bond donors (Lipinski definition) is 7. The van der Waals surface area contributed by atoms with E-state index < -0.39 is 50.7 Å². The lowest BCUT2D eigenvalue weighted by Gasteiger charge is -2.41. The minimum absolute atomic E-state index is 0.509. The molecule has 0 bridgehead atoms. The Balaban J connectivity index is 2.68. The molecule has 0 aromatic carbocycles. The fourth-order valence-electron chi connectivity index (χ4n) is 1.35. The number of aliphatic hydroxyl groups excluding tert-OH is 3. The van der Waals surface area contributed by atoms with Crippen LogP contribution >= 0.6 is 13.4 Å². The van der Waals surface area contributed by atoms with Gasteiger partial charge in [0.1, 0.15) is 24.9 Å². The Morgan fingerprint density at radius 2 is 1.75 bits per heavy atom. The van der Waals surface area contributed by atoms with Gasteiger partial charge in [-0.15, -0.1) is 0 Å². The van der Waals surface area contributed by atoms with Gasteiger partial charge in [-0.25, -0.2) is 4.31 Å². The van der Waals surface area contributed by atoms with Crippen molar-refractivity contribution >= 4 is 37.1 Å². The van der Waals surface area contributed by atoms with Gasteiger partial charge in [0.05, 0.1) is 6.61 Å². The van der Waals surface area contributed by atoms with Gasteiger partial charge in [0.2, 0.25) is 5.79 Å². The number of rotatable bonds is 5. The minimum atomic E-state index is -4.29. The molecule has 0 aliphatic carbocycles. The summed E-state index contributed by atoms with van der Waals surface area (Å²) in [7, 11) is 0. The van der Waals surface area contributed by atoms with E-state index in [2.05, 4.69) is 32.4 Å². The second-order valence-corrected chi connectivity index (χ2v) is 9.61. The highest BCUT2D eigenvalue weighted by Crippen LogP contribution is 2.58. The highest BCUT2D eigenvalue weighted by molar-refractivity contribution is 8.14. The second kappa shape index (κ2) is 6.57. The molecule has 120 valence electrons. The normalized spacial score (nSPS) is 38.5. The van der Waals surface area contributed by atoms with Gasteiger partial charge in [-0.2, -0.15) is 0 Å². The van der Waals surface area contributed by atoms with E-state index in [0.29, 0.717) is 0 Å². The third kappa shape index (κ3) is 5.27. The van der Waals surface area contributed by atoms with Gasteiger partial charge in [0.15, 0.2) is 0 Å². The van der Waals surface area contributed by atoms with Gasteiger partial charge in [-0.1, -0.05) is 0 Å². The summed E-state index contributed by atoms with van der Waals surface area (Å²) >= 11 is 8.50. The van der Waals surface area contributed by atoms with E-state index in [0.717, 1.165) is 0 Å². The van der Waals surface area contributed by atoms with Crippen LogP contribution in [0.2, 0.25) is 0 Å². The van der Waals surface area contributed by atoms with E-state index in [1.54, 1.807) is 0 Å². The summed E-state index contributed by atoms with van der Waals surface area (Å²) in [4.78, 5) is 27.2. The molecule has 1 rings (SSSR count). The molecule has 0 amide bonds. The topological polar surface area (TPSA) is 169 Å². The molecule has 1 heterocycles. The second-order valence-electron chi connectivity index (χ2n) is 3.97. The first-order valence-corrected chi connectivity index (χ1v) is 10.2. The van der Waals surface area contributed by atoms with Gasteiger partial charge >= 0.3 is 13.4 Å². The van der Waals surface area contributed by atoms with Crippen molar-refractivity contribution in [1.82, 2.24) is 0 Å². The van der Waals surface area contributed by atoms with E-state index in [-0.39, 0.29) is 0 Å². The molecule has 5 atom stereocenters. The van der Waals surface area contributed by atoms with Gasteiger partial charge in [-0.3, -0.25) is 0 Å². The minimum Gasteiger partial charge on any atom is -0.388 e. The van der Waals surface area contributed by atoms with Crippen molar-refractivity contribution in [2.45, 2.75) is 24.1 Å². The van der Waals surface area contributed by atoms with E-state index >= 15 is 0 Å². The average Bonchev–Trinajstić information content (AvgIpc) is 2.27. The molecular formula is C6H14O10P2S2. The van der Waals surface area contributed by atoms with Gasteiger partial charge in [-0.05, 0) is 23.6 Å². The molecule has 0 aromatic heterocycles. The van der Waals surface area contributed by atoms with E-state index in [1.165, 1.54) is 0 Å². The van der Waals surface area contributed by atoms with Crippen LogP contribution in [0.5, 0.6) is 0 Å². The maximum absolute atomic E-state index is 9.88. The van der Waals surface area contributed by atoms with E-state index in [4.69, 9.17) is 14.5 Å². The summed E-state index contributed by atoms with van der Waals surface area (Å²) in [5.74, 6) is -2.47. The van der Waals surface area contributed by atoms with Crippen LogP contribution in [0.1, 0.15) is 0 Å². The Morgan fingerprint density at radius 1 is 1.20 bits per heavy atom. The molecule has 0 radical (unpaired) electrons. The molecule has 1 aliphatic rings. The quantitative estimate of drug-likeness (QED) is 0.249. The Hall–Kier alpha value is 0.900. The molecule has 2 unspecified atom stereocenters. The largest absolute Gasteiger partial charge is 0.388 e. The Morgan fingerprint density at radius 3 is 2.25 bits per heavy atom. The summed E-state index contributed by atoms with van der Waals surface area (Å²) in [6.07, 6.45) is -5.08. The van der Waals surface area contributed by atoms with Crippen molar-refractivity contribution in [3.05, 3.63) is 0 Å². The lowest BCUT2D eigenvalue weighted by atomic mass is 9.98. The first-order chi connectivity index (χ1) is 8.86.